The van der Waals surface area contributed by atoms with Crippen LogP contribution in [0.4, 0.5) is 0 Å². The number of ether oxygens (including phenoxy) is 2. The van der Waals surface area contributed by atoms with Gasteiger partial charge in [-0.15, -0.1) is 0 Å². The van der Waals surface area contributed by atoms with Crippen LogP contribution in [-0.4, -0.2) is 37.4 Å². The topological polar surface area (TPSA) is 47.6 Å². The van der Waals surface area contributed by atoms with Crippen LogP contribution in [0.15, 0.2) is 0 Å². The maximum atomic E-state index is 12.0. The molecule has 0 heterocycles. The Morgan fingerprint density at radius 3 is 2.37 bits per heavy atom. The van der Waals surface area contributed by atoms with Crippen molar-refractivity contribution in [3.05, 3.63) is 0 Å². The van der Waals surface area contributed by atoms with Gasteiger partial charge in [0.05, 0.1) is 12.7 Å². The zero-order valence-electron chi connectivity index (χ0n) is 13.4. The Hall–Kier alpha value is -0.610. The first-order valence-electron chi connectivity index (χ1n) is 7.39. The third kappa shape index (κ3) is 7.53. The van der Waals surface area contributed by atoms with Gasteiger partial charge in [-0.1, -0.05) is 20.8 Å². The van der Waals surface area contributed by atoms with Crippen molar-refractivity contribution >= 4 is 5.97 Å². The molecule has 0 bridgehead atoms. The van der Waals surface area contributed by atoms with Crippen molar-refractivity contribution in [1.82, 2.24) is 5.32 Å². The highest BCUT2D eigenvalue weighted by Crippen LogP contribution is 2.17. The molecular formula is C15H31NO3. The second-order valence-corrected chi connectivity index (χ2v) is 5.65. The highest BCUT2D eigenvalue weighted by Gasteiger charge is 2.35. The van der Waals surface area contributed by atoms with Gasteiger partial charge in [-0.2, -0.15) is 0 Å². The van der Waals surface area contributed by atoms with Gasteiger partial charge in [0.25, 0.3) is 0 Å². The average Bonchev–Trinajstić information content (AvgIpc) is 2.28. The van der Waals surface area contributed by atoms with Crippen molar-refractivity contribution in [1.29, 1.82) is 0 Å². The van der Waals surface area contributed by atoms with Crippen molar-refractivity contribution in [2.45, 2.75) is 66.0 Å². The molecular weight excluding hydrogens is 242 g/mol. The molecule has 0 spiro atoms. The third-order valence-corrected chi connectivity index (χ3v) is 3.09. The van der Waals surface area contributed by atoms with E-state index in [1.54, 1.807) is 0 Å². The van der Waals surface area contributed by atoms with Crippen molar-refractivity contribution in [2.24, 2.45) is 5.92 Å². The van der Waals surface area contributed by atoms with Crippen LogP contribution in [0, 0.1) is 5.92 Å². The number of carbonyl (C=O) groups excluding carboxylic acids is 1. The molecule has 0 rings (SSSR count). The molecule has 0 aromatic heterocycles. The van der Waals surface area contributed by atoms with Crippen LogP contribution in [0.3, 0.4) is 0 Å². The SMILES string of the molecule is CCNC(C)(CC(C)OCCC(C)C)C(=O)OCC. The molecule has 2 unspecified atom stereocenters. The summed E-state index contributed by atoms with van der Waals surface area (Å²) in [7, 11) is 0. The molecule has 114 valence electrons. The fourth-order valence-electron chi connectivity index (χ4n) is 2.05. The van der Waals surface area contributed by atoms with Gasteiger partial charge in [0.15, 0.2) is 0 Å². The first kappa shape index (κ1) is 18.4. The maximum absolute atomic E-state index is 12.0. The lowest BCUT2D eigenvalue weighted by Crippen LogP contribution is -2.52. The number of esters is 1. The molecule has 4 nitrogen and oxygen atoms in total. The van der Waals surface area contributed by atoms with Crippen LogP contribution in [-0.2, 0) is 14.3 Å². The molecule has 0 radical (unpaired) electrons. The Bertz CT molecular complexity index is 256. The van der Waals surface area contributed by atoms with E-state index in [9.17, 15) is 4.79 Å². The molecule has 0 fully saturated rings. The number of nitrogens with one attached hydrogen (secondary N) is 1. The van der Waals surface area contributed by atoms with E-state index in [2.05, 4.69) is 19.2 Å². The zero-order valence-corrected chi connectivity index (χ0v) is 13.4. The summed E-state index contributed by atoms with van der Waals surface area (Å²) in [5.74, 6) is 0.438. The monoisotopic (exact) mass is 273 g/mol. The highest BCUT2D eigenvalue weighted by atomic mass is 16.5. The predicted molar refractivity (Wildman–Crippen MR) is 78.2 cm³/mol. The molecule has 0 aliphatic heterocycles. The first-order valence-corrected chi connectivity index (χ1v) is 7.39. The van der Waals surface area contributed by atoms with Gasteiger partial charge in [-0.25, -0.2) is 0 Å². The van der Waals surface area contributed by atoms with Crippen LogP contribution in [0.2, 0.25) is 0 Å². The van der Waals surface area contributed by atoms with E-state index in [-0.39, 0.29) is 12.1 Å². The van der Waals surface area contributed by atoms with E-state index in [0.29, 0.717) is 18.9 Å². The normalized spacial score (nSPS) is 16.2. The molecule has 1 N–H and O–H groups in total. The van der Waals surface area contributed by atoms with Gasteiger partial charge in [-0.05, 0) is 39.7 Å². The lowest BCUT2D eigenvalue weighted by atomic mass is 9.94. The minimum absolute atomic E-state index is 0.0345. The molecule has 0 aliphatic rings. The Morgan fingerprint density at radius 2 is 1.89 bits per heavy atom. The maximum Gasteiger partial charge on any atom is 0.326 e. The van der Waals surface area contributed by atoms with Crippen molar-refractivity contribution in [3.63, 3.8) is 0 Å². The summed E-state index contributed by atoms with van der Waals surface area (Å²) in [6.07, 6.45) is 1.70. The Balaban J connectivity index is 4.35. The number of carbonyl (C=O) groups is 1. The number of likely N-dealkylation sites (N-methyl/N-ethyl adjacent to an activating group) is 1. The lowest BCUT2D eigenvalue weighted by Gasteiger charge is -2.30. The van der Waals surface area contributed by atoms with E-state index in [1.165, 1.54) is 0 Å². The van der Waals surface area contributed by atoms with Crippen molar-refractivity contribution in [3.8, 4) is 0 Å². The van der Waals surface area contributed by atoms with Gasteiger partial charge < -0.3 is 14.8 Å². The molecule has 2 atom stereocenters. The second kappa shape index (κ2) is 9.32. The van der Waals surface area contributed by atoms with E-state index in [4.69, 9.17) is 9.47 Å². The van der Waals surface area contributed by atoms with Crippen molar-refractivity contribution < 1.29 is 14.3 Å². The number of hydrogen-bond acceptors (Lipinski definition) is 4. The van der Waals surface area contributed by atoms with Gasteiger partial charge in [0.2, 0.25) is 0 Å². The third-order valence-electron chi connectivity index (χ3n) is 3.09. The van der Waals surface area contributed by atoms with Crippen LogP contribution < -0.4 is 5.32 Å². The fraction of sp³-hybridized carbons (Fsp3) is 0.933. The van der Waals surface area contributed by atoms with Crippen LogP contribution in [0.5, 0.6) is 0 Å². The molecule has 4 heteroatoms. The molecule has 0 amide bonds. The minimum atomic E-state index is -0.665. The van der Waals surface area contributed by atoms with Crippen LogP contribution >= 0.6 is 0 Å². The molecule has 0 saturated carbocycles. The van der Waals surface area contributed by atoms with Gasteiger partial charge in [0.1, 0.15) is 5.54 Å². The summed E-state index contributed by atoms with van der Waals surface area (Å²) in [4.78, 5) is 12.0. The summed E-state index contributed by atoms with van der Waals surface area (Å²) in [6.45, 7) is 13.9. The Kier molecular flexibility index (Phi) is 9.02. The summed E-state index contributed by atoms with van der Waals surface area (Å²) in [5.41, 5.74) is -0.665. The second-order valence-electron chi connectivity index (χ2n) is 5.65. The Labute approximate surface area is 118 Å². The summed E-state index contributed by atoms with van der Waals surface area (Å²) >= 11 is 0. The zero-order chi connectivity index (χ0) is 14.9. The first-order chi connectivity index (χ1) is 8.85. The predicted octanol–water partition coefficient (Wildman–Crippen LogP) is 2.76. The van der Waals surface area contributed by atoms with Gasteiger partial charge in [0, 0.05) is 13.0 Å². The van der Waals surface area contributed by atoms with Gasteiger partial charge >= 0.3 is 5.97 Å². The molecule has 0 aromatic rings. The van der Waals surface area contributed by atoms with Crippen molar-refractivity contribution in [2.75, 3.05) is 19.8 Å². The summed E-state index contributed by atoms with van der Waals surface area (Å²) < 4.78 is 10.9. The number of rotatable bonds is 10. The summed E-state index contributed by atoms with van der Waals surface area (Å²) in [6, 6.07) is 0. The average molecular weight is 273 g/mol. The molecule has 0 saturated heterocycles. The van der Waals surface area contributed by atoms with Crippen LogP contribution in [0.25, 0.3) is 0 Å². The Morgan fingerprint density at radius 1 is 1.26 bits per heavy atom. The molecule has 19 heavy (non-hydrogen) atoms. The van der Waals surface area contributed by atoms with E-state index >= 15 is 0 Å². The van der Waals surface area contributed by atoms with Gasteiger partial charge in [-0.3, -0.25) is 4.79 Å². The quantitative estimate of drug-likeness (QED) is 0.622. The largest absolute Gasteiger partial charge is 0.465 e. The van der Waals surface area contributed by atoms with Crippen LogP contribution in [0.1, 0.15) is 54.4 Å². The number of hydrogen-bond donors (Lipinski definition) is 1. The van der Waals surface area contributed by atoms with E-state index < -0.39 is 5.54 Å². The fourth-order valence-corrected chi connectivity index (χ4v) is 2.05. The summed E-state index contributed by atoms with van der Waals surface area (Å²) in [5, 5.41) is 3.22. The van der Waals surface area contributed by atoms with E-state index in [0.717, 1.165) is 19.6 Å². The standard InChI is InChI=1S/C15H31NO3/c1-7-16-15(6,14(17)18-8-2)11-13(5)19-10-9-12(3)4/h12-13,16H,7-11H2,1-6H3. The molecule has 0 aliphatic carbocycles. The lowest BCUT2D eigenvalue weighted by molar-refractivity contribution is -0.152. The smallest absolute Gasteiger partial charge is 0.326 e. The molecule has 0 aromatic carbocycles. The minimum Gasteiger partial charge on any atom is -0.465 e. The van der Waals surface area contributed by atoms with E-state index in [1.807, 2.05) is 27.7 Å². The highest BCUT2D eigenvalue weighted by molar-refractivity contribution is 5.80.